The molecule has 0 N–H and O–H groups in total. The van der Waals surface area contributed by atoms with Crippen molar-refractivity contribution in [3.8, 4) is 16.3 Å². The number of amides is 1. The molecule has 0 fully saturated rings. The summed E-state index contributed by atoms with van der Waals surface area (Å²) in [4.78, 5) is 19.2. The van der Waals surface area contributed by atoms with E-state index in [4.69, 9.17) is 9.72 Å². The fourth-order valence-corrected chi connectivity index (χ4v) is 5.01. The van der Waals surface area contributed by atoms with Gasteiger partial charge >= 0.3 is 0 Å². The predicted octanol–water partition coefficient (Wildman–Crippen LogP) is 5.03. The maximum Gasteiger partial charge on any atom is 0.237 e. The number of rotatable bonds is 7. The average Bonchev–Trinajstić information content (AvgIpc) is 3.36. The number of thiazole rings is 1. The van der Waals surface area contributed by atoms with Crippen molar-refractivity contribution in [1.29, 1.82) is 0 Å². The van der Waals surface area contributed by atoms with Gasteiger partial charge in [-0.05, 0) is 49.2 Å². The Morgan fingerprint density at radius 1 is 1.21 bits per heavy atom. The number of hydrogen-bond donors (Lipinski definition) is 0. The van der Waals surface area contributed by atoms with E-state index in [0.29, 0.717) is 12.4 Å². The second kappa shape index (κ2) is 8.80. The summed E-state index contributed by atoms with van der Waals surface area (Å²) in [6.45, 7) is 3.43. The summed E-state index contributed by atoms with van der Waals surface area (Å²) >= 11 is 3.26. The fraction of sp³-hybridized carbons (Fsp3) is 0.273. The molecular weight excluding hydrogens is 388 g/mol. The van der Waals surface area contributed by atoms with Crippen LogP contribution in [0.25, 0.3) is 10.6 Å². The van der Waals surface area contributed by atoms with Crippen LogP contribution in [-0.4, -0.2) is 29.8 Å². The van der Waals surface area contributed by atoms with Gasteiger partial charge in [-0.15, -0.1) is 23.1 Å². The number of carbonyl (C=O) groups excluding carboxylic acids is 1. The molecule has 2 heterocycles. The van der Waals surface area contributed by atoms with Gasteiger partial charge in [0.25, 0.3) is 0 Å². The number of anilines is 1. The monoisotopic (exact) mass is 410 g/mol. The van der Waals surface area contributed by atoms with Crippen molar-refractivity contribution in [2.24, 2.45) is 0 Å². The van der Waals surface area contributed by atoms with Crippen LogP contribution in [0.2, 0.25) is 0 Å². The third kappa shape index (κ3) is 4.23. The van der Waals surface area contributed by atoms with Crippen LogP contribution < -0.4 is 9.64 Å². The number of para-hydroxylation sites is 1. The summed E-state index contributed by atoms with van der Waals surface area (Å²) in [5.74, 6) is 2.27. The summed E-state index contributed by atoms with van der Waals surface area (Å²) in [5, 5.41) is 3.08. The minimum atomic E-state index is 0.178. The van der Waals surface area contributed by atoms with Crippen molar-refractivity contribution >= 4 is 34.7 Å². The Balaban J connectivity index is 1.31. The quantitative estimate of drug-likeness (QED) is 0.548. The highest BCUT2D eigenvalue weighted by molar-refractivity contribution is 7.99. The van der Waals surface area contributed by atoms with Gasteiger partial charge < -0.3 is 9.64 Å². The SMILES string of the molecule is CCOc1ccc(-c2nc(CSCC(=O)N3CCc4ccccc43)cs2)cc1. The molecule has 2 aromatic carbocycles. The van der Waals surface area contributed by atoms with Crippen molar-refractivity contribution in [2.45, 2.75) is 19.1 Å². The minimum absolute atomic E-state index is 0.178. The van der Waals surface area contributed by atoms with Crippen molar-refractivity contribution in [3.63, 3.8) is 0 Å². The van der Waals surface area contributed by atoms with Gasteiger partial charge in [-0.3, -0.25) is 4.79 Å². The molecule has 0 atom stereocenters. The van der Waals surface area contributed by atoms with Crippen molar-refractivity contribution in [2.75, 3.05) is 23.8 Å². The zero-order valence-corrected chi connectivity index (χ0v) is 17.4. The van der Waals surface area contributed by atoms with Crippen LogP contribution >= 0.6 is 23.1 Å². The van der Waals surface area contributed by atoms with Gasteiger partial charge in [-0.1, -0.05) is 18.2 Å². The molecule has 1 aromatic heterocycles. The Morgan fingerprint density at radius 2 is 2.04 bits per heavy atom. The topological polar surface area (TPSA) is 42.4 Å². The maximum atomic E-state index is 12.6. The lowest BCUT2D eigenvalue weighted by Gasteiger charge is -2.16. The van der Waals surface area contributed by atoms with E-state index in [1.165, 1.54) is 5.56 Å². The summed E-state index contributed by atoms with van der Waals surface area (Å²) in [5.41, 5.74) is 4.45. The van der Waals surface area contributed by atoms with Crippen LogP contribution in [0.4, 0.5) is 5.69 Å². The molecule has 0 spiro atoms. The van der Waals surface area contributed by atoms with Gasteiger partial charge in [-0.2, -0.15) is 0 Å². The fourth-order valence-electron chi connectivity index (χ4n) is 3.28. The lowest BCUT2D eigenvalue weighted by atomic mass is 10.2. The van der Waals surface area contributed by atoms with Crippen molar-refractivity contribution in [3.05, 3.63) is 65.2 Å². The zero-order chi connectivity index (χ0) is 19.3. The number of benzene rings is 2. The lowest BCUT2D eigenvalue weighted by Crippen LogP contribution is -2.30. The zero-order valence-electron chi connectivity index (χ0n) is 15.8. The largest absolute Gasteiger partial charge is 0.494 e. The lowest BCUT2D eigenvalue weighted by molar-refractivity contribution is -0.116. The van der Waals surface area contributed by atoms with Crippen LogP contribution in [-0.2, 0) is 17.0 Å². The Hall–Kier alpha value is -2.31. The third-order valence-electron chi connectivity index (χ3n) is 4.63. The highest BCUT2D eigenvalue weighted by Gasteiger charge is 2.23. The Kier molecular flexibility index (Phi) is 5.98. The normalized spacial score (nSPS) is 12.8. The maximum absolute atomic E-state index is 12.6. The van der Waals surface area contributed by atoms with E-state index in [-0.39, 0.29) is 5.91 Å². The first-order chi connectivity index (χ1) is 13.7. The average molecular weight is 411 g/mol. The molecule has 0 bridgehead atoms. The molecule has 0 unspecified atom stereocenters. The van der Waals surface area contributed by atoms with E-state index in [2.05, 4.69) is 11.4 Å². The number of aromatic nitrogens is 1. The summed E-state index contributed by atoms with van der Waals surface area (Å²) in [7, 11) is 0. The molecule has 3 aromatic rings. The van der Waals surface area contributed by atoms with Gasteiger partial charge in [0.05, 0.1) is 18.1 Å². The van der Waals surface area contributed by atoms with Crippen molar-refractivity contribution < 1.29 is 9.53 Å². The van der Waals surface area contributed by atoms with Crippen molar-refractivity contribution in [1.82, 2.24) is 4.98 Å². The highest BCUT2D eigenvalue weighted by atomic mass is 32.2. The van der Waals surface area contributed by atoms with E-state index < -0.39 is 0 Å². The smallest absolute Gasteiger partial charge is 0.237 e. The first-order valence-corrected chi connectivity index (χ1v) is 11.4. The first kappa shape index (κ1) is 19.0. The molecule has 28 heavy (non-hydrogen) atoms. The number of ether oxygens (including phenoxy) is 1. The summed E-state index contributed by atoms with van der Waals surface area (Å²) in [6.07, 6.45) is 0.949. The number of carbonyl (C=O) groups is 1. The van der Waals surface area contributed by atoms with Gasteiger partial charge in [0.1, 0.15) is 10.8 Å². The standard InChI is InChI=1S/C22H22N2O2S2/c1-2-26-19-9-7-17(8-10-19)22-23-18(14-28-22)13-27-15-21(25)24-12-11-16-5-3-4-6-20(16)24/h3-10,14H,2,11-13,15H2,1H3. The molecule has 4 nitrogen and oxygen atoms in total. The van der Waals surface area contributed by atoms with Gasteiger partial charge in [0, 0.05) is 28.9 Å². The molecule has 1 aliphatic heterocycles. The van der Waals surface area contributed by atoms with Crippen LogP contribution in [0.3, 0.4) is 0 Å². The summed E-state index contributed by atoms with van der Waals surface area (Å²) < 4.78 is 5.49. The molecule has 0 saturated carbocycles. The first-order valence-electron chi connectivity index (χ1n) is 9.38. The molecule has 4 rings (SSSR count). The van der Waals surface area contributed by atoms with Crippen LogP contribution in [0, 0.1) is 0 Å². The van der Waals surface area contributed by atoms with E-state index in [1.54, 1.807) is 23.1 Å². The number of fused-ring (bicyclic) bond motifs is 1. The Labute approximate surface area is 173 Å². The Morgan fingerprint density at radius 3 is 2.86 bits per heavy atom. The van der Waals surface area contributed by atoms with E-state index in [1.807, 2.05) is 54.3 Å². The molecular formula is C22H22N2O2S2. The number of nitrogens with zero attached hydrogens (tertiary/aromatic N) is 2. The number of hydrogen-bond acceptors (Lipinski definition) is 5. The molecule has 1 aliphatic rings. The second-order valence-corrected chi connectivity index (χ2v) is 8.36. The second-order valence-electron chi connectivity index (χ2n) is 6.52. The van der Waals surface area contributed by atoms with Gasteiger partial charge in [0.15, 0.2) is 0 Å². The predicted molar refractivity (Wildman–Crippen MR) is 117 cm³/mol. The molecule has 144 valence electrons. The molecule has 0 saturated heterocycles. The van der Waals surface area contributed by atoms with Crippen LogP contribution in [0.1, 0.15) is 18.2 Å². The van der Waals surface area contributed by atoms with Gasteiger partial charge in [0.2, 0.25) is 5.91 Å². The Bertz CT molecular complexity index is 953. The van der Waals surface area contributed by atoms with E-state index in [9.17, 15) is 4.79 Å². The molecule has 0 radical (unpaired) electrons. The molecule has 0 aliphatic carbocycles. The van der Waals surface area contributed by atoms with Crippen LogP contribution in [0.15, 0.2) is 53.9 Å². The van der Waals surface area contributed by atoms with E-state index in [0.717, 1.165) is 46.4 Å². The van der Waals surface area contributed by atoms with Crippen LogP contribution in [0.5, 0.6) is 5.75 Å². The number of thioether (sulfide) groups is 1. The minimum Gasteiger partial charge on any atom is -0.494 e. The highest BCUT2D eigenvalue weighted by Crippen LogP contribution is 2.29. The van der Waals surface area contributed by atoms with Gasteiger partial charge in [-0.25, -0.2) is 4.98 Å². The summed E-state index contributed by atoms with van der Waals surface area (Å²) in [6, 6.07) is 16.2. The third-order valence-corrected chi connectivity index (χ3v) is 6.52. The molecule has 6 heteroatoms. The molecule has 1 amide bonds. The van der Waals surface area contributed by atoms with E-state index >= 15 is 0 Å².